The third-order valence-corrected chi connectivity index (χ3v) is 3.19. The maximum absolute atomic E-state index is 12.8. The minimum atomic E-state index is -0.225. The van der Waals surface area contributed by atoms with E-state index in [4.69, 9.17) is 16.3 Å². The van der Waals surface area contributed by atoms with Gasteiger partial charge in [0.25, 0.3) is 0 Å². The van der Waals surface area contributed by atoms with Crippen LogP contribution < -0.4 is 10.1 Å². The van der Waals surface area contributed by atoms with Gasteiger partial charge in [0, 0.05) is 23.7 Å². The molecule has 0 aliphatic heterocycles. The number of rotatable bonds is 5. The largest absolute Gasteiger partial charge is 0.496 e. The zero-order valence-corrected chi connectivity index (χ0v) is 11.4. The molecule has 2 aromatic carbocycles. The van der Waals surface area contributed by atoms with Crippen LogP contribution in [-0.4, -0.2) is 7.11 Å². The lowest BCUT2D eigenvalue weighted by Gasteiger charge is -2.11. The van der Waals surface area contributed by atoms with E-state index in [1.165, 1.54) is 12.1 Å². The summed E-state index contributed by atoms with van der Waals surface area (Å²) in [6, 6.07) is 12.0. The Hall–Kier alpha value is -1.58. The lowest BCUT2D eigenvalue weighted by Crippen LogP contribution is -2.13. The van der Waals surface area contributed by atoms with Crippen molar-refractivity contribution in [2.75, 3.05) is 7.11 Å². The Kier molecular flexibility index (Phi) is 4.77. The minimum absolute atomic E-state index is 0.225. The van der Waals surface area contributed by atoms with Crippen molar-refractivity contribution >= 4 is 11.6 Å². The summed E-state index contributed by atoms with van der Waals surface area (Å²) in [5, 5.41) is 3.94. The van der Waals surface area contributed by atoms with Crippen molar-refractivity contribution in [1.82, 2.24) is 5.32 Å². The van der Waals surface area contributed by atoms with Crippen LogP contribution >= 0.6 is 11.6 Å². The van der Waals surface area contributed by atoms with Crippen molar-refractivity contribution in [2.45, 2.75) is 13.1 Å². The number of hydrogen-bond donors (Lipinski definition) is 1. The van der Waals surface area contributed by atoms with Crippen LogP contribution in [-0.2, 0) is 13.1 Å². The first-order valence-electron chi connectivity index (χ1n) is 5.97. The van der Waals surface area contributed by atoms with Crippen LogP contribution in [0.25, 0.3) is 0 Å². The molecule has 0 aromatic heterocycles. The third kappa shape index (κ3) is 3.69. The molecule has 0 aliphatic carbocycles. The molecule has 0 saturated heterocycles. The molecule has 4 heteroatoms. The lowest BCUT2D eigenvalue weighted by molar-refractivity contribution is 0.407. The summed E-state index contributed by atoms with van der Waals surface area (Å²) in [4.78, 5) is 0. The van der Waals surface area contributed by atoms with Crippen molar-refractivity contribution < 1.29 is 9.13 Å². The van der Waals surface area contributed by atoms with Crippen LogP contribution in [0.1, 0.15) is 11.1 Å². The fourth-order valence-electron chi connectivity index (χ4n) is 1.84. The Bertz CT molecular complexity index is 542. The van der Waals surface area contributed by atoms with E-state index in [1.54, 1.807) is 19.2 Å². The van der Waals surface area contributed by atoms with E-state index >= 15 is 0 Å². The van der Waals surface area contributed by atoms with Crippen molar-refractivity contribution in [1.29, 1.82) is 0 Å². The highest BCUT2D eigenvalue weighted by atomic mass is 35.5. The van der Waals surface area contributed by atoms with E-state index in [1.807, 2.05) is 18.2 Å². The normalized spacial score (nSPS) is 10.5. The van der Waals surface area contributed by atoms with Crippen molar-refractivity contribution in [3.63, 3.8) is 0 Å². The van der Waals surface area contributed by atoms with Crippen LogP contribution in [0, 0.1) is 5.82 Å². The lowest BCUT2D eigenvalue weighted by atomic mass is 10.2. The molecule has 1 N–H and O–H groups in total. The van der Waals surface area contributed by atoms with E-state index in [0.29, 0.717) is 18.1 Å². The molecule has 19 heavy (non-hydrogen) atoms. The molecule has 2 rings (SSSR count). The minimum Gasteiger partial charge on any atom is -0.496 e. The van der Waals surface area contributed by atoms with Crippen molar-refractivity contribution in [3.8, 4) is 5.75 Å². The summed E-state index contributed by atoms with van der Waals surface area (Å²) in [5.74, 6) is 0.538. The molecule has 0 radical (unpaired) electrons. The Morgan fingerprint density at radius 3 is 2.53 bits per heavy atom. The molecule has 0 unspecified atom stereocenters. The molecule has 0 spiro atoms. The summed E-state index contributed by atoms with van der Waals surface area (Å²) in [5.41, 5.74) is 1.95. The van der Waals surface area contributed by atoms with Gasteiger partial charge in [0.2, 0.25) is 0 Å². The van der Waals surface area contributed by atoms with Gasteiger partial charge in [-0.15, -0.1) is 0 Å². The van der Waals surface area contributed by atoms with Gasteiger partial charge in [-0.25, -0.2) is 4.39 Å². The van der Waals surface area contributed by atoms with Gasteiger partial charge in [-0.1, -0.05) is 29.8 Å². The van der Waals surface area contributed by atoms with Crippen LogP contribution in [0.5, 0.6) is 5.75 Å². The van der Waals surface area contributed by atoms with Gasteiger partial charge in [-0.2, -0.15) is 0 Å². The first kappa shape index (κ1) is 13.8. The van der Waals surface area contributed by atoms with E-state index in [-0.39, 0.29) is 5.82 Å². The monoisotopic (exact) mass is 279 g/mol. The molecule has 0 aliphatic rings. The average molecular weight is 280 g/mol. The maximum atomic E-state index is 12.8. The highest BCUT2D eigenvalue weighted by Gasteiger charge is 2.06. The zero-order valence-electron chi connectivity index (χ0n) is 10.6. The predicted octanol–water partition coefficient (Wildman–Crippen LogP) is 3.78. The maximum Gasteiger partial charge on any atom is 0.124 e. The third-order valence-electron chi connectivity index (χ3n) is 2.84. The van der Waals surface area contributed by atoms with Gasteiger partial charge in [-0.3, -0.25) is 0 Å². The zero-order chi connectivity index (χ0) is 13.7. The molecule has 0 atom stereocenters. The van der Waals surface area contributed by atoms with E-state index < -0.39 is 0 Å². The number of methoxy groups -OCH3 is 1. The number of halogens is 2. The van der Waals surface area contributed by atoms with Gasteiger partial charge in [0.05, 0.1) is 7.11 Å². The summed E-state index contributed by atoms with van der Waals surface area (Å²) >= 11 is 6.14. The number of hydrogen-bond acceptors (Lipinski definition) is 2. The Labute approximate surface area is 117 Å². The second kappa shape index (κ2) is 6.55. The van der Waals surface area contributed by atoms with Gasteiger partial charge >= 0.3 is 0 Å². The molecule has 100 valence electrons. The predicted molar refractivity (Wildman–Crippen MR) is 74.9 cm³/mol. The number of benzene rings is 2. The quantitative estimate of drug-likeness (QED) is 0.899. The van der Waals surface area contributed by atoms with Crippen LogP contribution in [0.4, 0.5) is 4.39 Å². The van der Waals surface area contributed by atoms with Gasteiger partial charge < -0.3 is 10.1 Å². The number of nitrogens with one attached hydrogen (secondary N) is 1. The van der Waals surface area contributed by atoms with Crippen LogP contribution in [0.3, 0.4) is 0 Å². The highest BCUT2D eigenvalue weighted by Crippen LogP contribution is 2.25. The van der Waals surface area contributed by atoms with Crippen molar-refractivity contribution in [3.05, 3.63) is 64.4 Å². The molecule has 0 heterocycles. The standard InChI is InChI=1S/C15H15ClFNO/c1-19-15-4-2-3-14(16)13(15)10-18-9-11-5-7-12(17)8-6-11/h2-8,18H,9-10H2,1H3. The summed E-state index contributed by atoms with van der Waals surface area (Å²) in [6.45, 7) is 1.24. The molecular formula is C15H15ClFNO. The van der Waals surface area contributed by atoms with E-state index in [0.717, 1.165) is 16.9 Å². The van der Waals surface area contributed by atoms with Gasteiger partial charge in [0.15, 0.2) is 0 Å². The summed E-state index contributed by atoms with van der Waals surface area (Å²) < 4.78 is 18.0. The Morgan fingerprint density at radius 1 is 1.11 bits per heavy atom. The molecule has 0 fully saturated rings. The molecule has 0 saturated carbocycles. The summed E-state index contributed by atoms with van der Waals surface area (Å²) in [6.07, 6.45) is 0. The summed E-state index contributed by atoms with van der Waals surface area (Å²) in [7, 11) is 1.62. The van der Waals surface area contributed by atoms with Crippen molar-refractivity contribution in [2.24, 2.45) is 0 Å². The SMILES string of the molecule is COc1cccc(Cl)c1CNCc1ccc(F)cc1. The molecule has 2 nitrogen and oxygen atoms in total. The van der Waals surface area contributed by atoms with Gasteiger partial charge in [0.1, 0.15) is 11.6 Å². The second-order valence-electron chi connectivity index (χ2n) is 4.15. The average Bonchev–Trinajstić information content (AvgIpc) is 2.42. The first-order chi connectivity index (χ1) is 9.20. The topological polar surface area (TPSA) is 21.3 Å². The van der Waals surface area contributed by atoms with E-state index in [9.17, 15) is 4.39 Å². The van der Waals surface area contributed by atoms with Gasteiger partial charge in [-0.05, 0) is 29.8 Å². The van der Waals surface area contributed by atoms with Crippen LogP contribution in [0.2, 0.25) is 5.02 Å². The fraction of sp³-hybridized carbons (Fsp3) is 0.200. The van der Waals surface area contributed by atoms with Crippen LogP contribution in [0.15, 0.2) is 42.5 Å². The molecule has 0 amide bonds. The fourth-order valence-corrected chi connectivity index (χ4v) is 2.07. The first-order valence-corrected chi connectivity index (χ1v) is 6.35. The second-order valence-corrected chi connectivity index (χ2v) is 4.56. The molecular weight excluding hydrogens is 265 g/mol. The Balaban J connectivity index is 1.97. The molecule has 2 aromatic rings. The van der Waals surface area contributed by atoms with E-state index in [2.05, 4.69) is 5.32 Å². The number of ether oxygens (including phenoxy) is 1. The Morgan fingerprint density at radius 2 is 1.84 bits per heavy atom. The smallest absolute Gasteiger partial charge is 0.124 e. The molecule has 0 bridgehead atoms. The highest BCUT2D eigenvalue weighted by molar-refractivity contribution is 6.31.